The first-order valence-corrected chi connectivity index (χ1v) is 10.3. The largest absolute Gasteiger partial charge is 0.322 e. The summed E-state index contributed by atoms with van der Waals surface area (Å²) in [5.74, 6) is -0.251. The number of sulfonamides is 1. The number of aryl methyl sites for hydroxylation is 2. The van der Waals surface area contributed by atoms with E-state index in [1.807, 2.05) is 32.0 Å². The lowest BCUT2D eigenvalue weighted by molar-refractivity contribution is 0.102. The number of rotatable bonds is 4. The van der Waals surface area contributed by atoms with Gasteiger partial charge >= 0.3 is 0 Å². The minimum Gasteiger partial charge on any atom is -0.322 e. The maximum Gasteiger partial charge on any atom is 0.255 e. The lowest BCUT2D eigenvalue weighted by Gasteiger charge is -2.25. The molecule has 2 aromatic carbocycles. The fourth-order valence-electron chi connectivity index (χ4n) is 3.18. The average molecular weight is 372 g/mol. The smallest absolute Gasteiger partial charge is 0.255 e. The summed E-state index contributed by atoms with van der Waals surface area (Å²) >= 11 is 0. The minimum absolute atomic E-state index is 0.238. The van der Waals surface area contributed by atoms with E-state index in [1.165, 1.54) is 16.4 Å². The van der Waals surface area contributed by atoms with E-state index >= 15 is 0 Å². The van der Waals surface area contributed by atoms with E-state index < -0.39 is 10.0 Å². The van der Waals surface area contributed by atoms with E-state index in [1.54, 1.807) is 12.1 Å². The molecule has 3 rings (SSSR count). The normalized spacial score (nSPS) is 15.6. The molecule has 1 amide bonds. The quantitative estimate of drug-likeness (QED) is 0.889. The van der Waals surface area contributed by atoms with Gasteiger partial charge in [0, 0.05) is 24.3 Å². The topological polar surface area (TPSA) is 66.5 Å². The van der Waals surface area contributed by atoms with Crippen LogP contribution in [0.25, 0.3) is 0 Å². The van der Waals surface area contributed by atoms with E-state index in [4.69, 9.17) is 0 Å². The molecular weight excluding hydrogens is 348 g/mol. The average Bonchev–Trinajstić information content (AvgIpc) is 2.65. The van der Waals surface area contributed by atoms with Crippen LogP contribution in [0.5, 0.6) is 0 Å². The van der Waals surface area contributed by atoms with Gasteiger partial charge in [-0.25, -0.2) is 8.42 Å². The van der Waals surface area contributed by atoms with Crippen LogP contribution in [0.15, 0.2) is 47.4 Å². The third kappa shape index (κ3) is 3.97. The van der Waals surface area contributed by atoms with Gasteiger partial charge in [-0.05, 0) is 62.6 Å². The number of carbonyl (C=O) groups excluding carboxylic acids is 1. The van der Waals surface area contributed by atoms with Gasteiger partial charge in [0.25, 0.3) is 5.91 Å². The van der Waals surface area contributed by atoms with Crippen molar-refractivity contribution in [2.75, 3.05) is 18.4 Å². The van der Waals surface area contributed by atoms with Gasteiger partial charge in [-0.15, -0.1) is 0 Å². The van der Waals surface area contributed by atoms with Crippen molar-refractivity contribution in [1.29, 1.82) is 0 Å². The van der Waals surface area contributed by atoms with Crippen LogP contribution in [0, 0.1) is 13.8 Å². The summed E-state index contributed by atoms with van der Waals surface area (Å²) in [6.45, 7) is 5.07. The Labute approximate surface area is 155 Å². The van der Waals surface area contributed by atoms with Gasteiger partial charge in [0.05, 0.1) is 4.90 Å². The van der Waals surface area contributed by atoms with Gasteiger partial charge < -0.3 is 5.32 Å². The van der Waals surface area contributed by atoms with Gasteiger partial charge in [0.1, 0.15) is 0 Å². The van der Waals surface area contributed by atoms with Gasteiger partial charge in [0.15, 0.2) is 0 Å². The van der Waals surface area contributed by atoms with Gasteiger partial charge in [-0.3, -0.25) is 4.79 Å². The molecule has 0 bridgehead atoms. The molecule has 0 spiro atoms. The predicted molar refractivity (Wildman–Crippen MR) is 103 cm³/mol. The zero-order valence-electron chi connectivity index (χ0n) is 15.2. The molecule has 1 aliphatic heterocycles. The van der Waals surface area contributed by atoms with E-state index in [9.17, 15) is 13.2 Å². The van der Waals surface area contributed by atoms with Crippen LogP contribution < -0.4 is 5.32 Å². The van der Waals surface area contributed by atoms with Gasteiger partial charge in [-0.2, -0.15) is 4.31 Å². The first-order valence-electron chi connectivity index (χ1n) is 8.87. The van der Waals surface area contributed by atoms with Crippen molar-refractivity contribution in [2.45, 2.75) is 38.0 Å². The highest BCUT2D eigenvalue weighted by atomic mass is 32.2. The monoisotopic (exact) mass is 372 g/mol. The van der Waals surface area contributed by atoms with E-state index in [-0.39, 0.29) is 10.8 Å². The number of nitrogens with one attached hydrogen (secondary N) is 1. The standard InChI is InChI=1S/C20H24N2O3S/c1-15-6-11-19(16(2)14-15)21-20(23)17-7-9-18(10-8-17)26(24,25)22-12-4-3-5-13-22/h6-11,14H,3-5,12-13H2,1-2H3,(H,21,23). The summed E-state index contributed by atoms with van der Waals surface area (Å²) in [5.41, 5.74) is 3.31. The third-order valence-electron chi connectivity index (χ3n) is 4.70. The molecular formula is C20H24N2O3S. The highest BCUT2D eigenvalue weighted by Gasteiger charge is 2.25. The fraction of sp³-hybridized carbons (Fsp3) is 0.350. The Kier molecular flexibility index (Phi) is 5.44. The number of carbonyl (C=O) groups is 1. The summed E-state index contributed by atoms with van der Waals surface area (Å²) in [6, 6.07) is 12.0. The minimum atomic E-state index is -3.47. The Bertz CT molecular complexity index is 899. The van der Waals surface area contributed by atoms with Crippen LogP contribution in [-0.4, -0.2) is 31.7 Å². The highest BCUT2D eigenvalue weighted by Crippen LogP contribution is 2.22. The third-order valence-corrected chi connectivity index (χ3v) is 6.61. The molecule has 26 heavy (non-hydrogen) atoms. The van der Waals surface area contributed by atoms with E-state index in [0.717, 1.165) is 36.1 Å². The van der Waals surface area contributed by atoms with Gasteiger partial charge in [-0.1, -0.05) is 24.1 Å². The SMILES string of the molecule is Cc1ccc(NC(=O)c2ccc(S(=O)(=O)N3CCCCC3)cc2)c(C)c1. The van der Waals surface area contributed by atoms with Crippen molar-refractivity contribution in [3.05, 3.63) is 59.2 Å². The molecule has 1 saturated heterocycles. The van der Waals surface area contributed by atoms with Gasteiger partial charge in [0.2, 0.25) is 10.0 Å². The maximum absolute atomic E-state index is 12.7. The first-order chi connectivity index (χ1) is 12.4. The lowest BCUT2D eigenvalue weighted by atomic mass is 10.1. The number of benzene rings is 2. The molecule has 1 fully saturated rings. The van der Waals surface area contributed by atoms with Crippen molar-refractivity contribution in [2.24, 2.45) is 0 Å². The number of nitrogens with zero attached hydrogens (tertiary/aromatic N) is 1. The number of anilines is 1. The van der Waals surface area contributed by atoms with Crippen molar-refractivity contribution in [3.8, 4) is 0 Å². The van der Waals surface area contributed by atoms with E-state index in [2.05, 4.69) is 5.32 Å². The van der Waals surface area contributed by atoms with Crippen LogP contribution >= 0.6 is 0 Å². The molecule has 0 aliphatic carbocycles. The van der Waals surface area contributed by atoms with Crippen LogP contribution in [0.2, 0.25) is 0 Å². The van der Waals surface area contributed by atoms with Crippen LogP contribution in [0.4, 0.5) is 5.69 Å². The summed E-state index contributed by atoms with van der Waals surface area (Å²) < 4.78 is 26.9. The molecule has 2 aromatic rings. The molecule has 0 atom stereocenters. The highest BCUT2D eigenvalue weighted by molar-refractivity contribution is 7.89. The molecule has 0 radical (unpaired) electrons. The molecule has 138 valence electrons. The van der Waals surface area contributed by atoms with Crippen LogP contribution in [0.3, 0.4) is 0 Å². The second-order valence-corrected chi connectivity index (χ2v) is 8.70. The van der Waals surface area contributed by atoms with Crippen molar-refractivity contribution in [1.82, 2.24) is 4.31 Å². The number of amides is 1. The summed E-state index contributed by atoms with van der Waals surface area (Å²) in [7, 11) is -3.47. The summed E-state index contributed by atoms with van der Waals surface area (Å²) in [4.78, 5) is 12.7. The number of hydrogen-bond donors (Lipinski definition) is 1. The Morgan fingerprint density at radius 1 is 0.962 bits per heavy atom. The second kappa shape index (κ2) is 7.60. The molecule has 0 saturated carbocycles. The van der Waals surface area contributed by atoms with E-state index in [0.29, 0.717) is 18.7 Å². The Hall–Kier alpha value is -2.18. The molecule has 0 aromatic heterocycles. The number of piperidine rings is 1. The van der Waals surface area contributed by atoms with Crippen molar-refractivity contribution >= 4 is 21.6 Å². The maximum atomic E-state index is 12.7. The van der Waals surface area contributed by atoms with Crippen molar-refractivity contribution in [3.63, 3.8) is 0 Å². The van der Waals surface area contributed by atoms with Crippen molar-refractivity contribution < 1.29 is 13.2 Å². The molecule has 6 heteroatoms. The second-order valence-electron chi connectivity index (χ2n) is 6.76. The lowest BCUT2D eigenvalue weighted by Crippen LogP contribution is -2.35. The zero-order valence-corrected chi connectivity index (χ0v) is 16.0. The first kappa shape index (κ1) is 18.6. The molecule has 1 heterocycles. The summed E-state index contributed by atoms with van der Waals surface area (Å²) in [6.07, 6.45) is 2.87. The predicted octanol–water partition coefficient (Wildman–Crippen LogP) is 3.73. The summed E-state index contributed by atoms with van der Waals surface area (Å²) in [5, 5.41) is 2.88. The molecule has 1 aliphatic rings. The molecule has 0 unspecified atom stereocenters. The molecule has 1 N–H and O–H groups in total. The zero-order chi connectivity index (χ0) is 18.7. The fourth-order valence-corrected chi connectivity index (χ4v) is 4.70. The Morgan fingerprint density at radius 3 is 2.23 bits per heavy atom. The number of hydrogen-bond acceptors (Lipinski definition) is 3. The van der Waals surface area contributed by atoms with Crippen LogP contribution in [-0.2, 0) is 10.0 Å². The Morgan fingerprint density at radius 2 is 1.62 bits per heavy atom. The Balaban J connectivity index is 1.75. The molecule has 5 nitrogen and oxygen atoms in total. The van der Waals surface area contributed by atoms with Crippen LogP contribution in [0.1, 0.15) is 40.7 Å².